The number of benzene rings is 2. The van der Waals surface area contributed by atoms with Crippen LogP contribution in [0.25, 0.3) is 0 Å². The number of rotatable bonds is 4. The lowest BCUT2D eigenvalue weighted by molar-refractivity contribution is -0.137. The summed E-state index contributed by atoms with van der Waals surface area (Å²) in [6.07, 6.45) is 0.217. The number of anilines is 1. The van der Waals surface area contributed by atoms with Gasteiger partial charge in [0.1, 0.15) is 0 Å². The Bertz CT molecular complexity index is 631. The quantitative estimate of drug-likeness (QED) is 0.643. The maximum Gasteiger partial charge on any atom is 0.416 e. The first-order valence-electron chi connectivity index (χ1n) is 8.29. The van der Waals surface area contributed by atoms with Gasteiger partial charge in [-0.3, -0.25) is 0 Å². The summed E-state index contributed by atoms with van der Waals surface area (Å²) < 4.78 is 37.9. The molecule has 0 unspecified atom stereocenters. The van der Waals surface area contributed by atoms with Gasteiger partial charge < -0.3 is 5.73 Å². The van der Waals surface area contributed by atoms with Gasteiger partial charge in [0, 0.05) is 5.69 Å². The van der Waals surface area contributed by atoms with Gasteiger partial charge in [-0.1, -0.05) is 57.4 Å². The Kier molecular flexibility index (Phi) is 7.83. The van der Waals surface area contributed by atoms with E-state index in [4.69, 9.17) is 5.73 Å². The molecule has 1 nitrogen and oxygen atoms in total. The Hall–Kier alpha value is -1.97. The van der Waals surface area contributed by atoms with Crippen molar-refractivity contribution in [2.45, 2.75) is 52.6 Å². The zero-order valence-electron chi connectivity index (χ0n) is 14.6. The maximum absolute atomic E-state index is 12.6. The zero-order valence-corrected chi connectivity index (χ0v) is 14.6. The molecule has 132 valence electrons. The minimum absolute atomic E-state index is 0.445. The molecule has 0 amide bonds. The fraction of sp³-hybridized carbons (Fsp3) is 0.400. The molecule has 2 aromatic carbocycles. The molecular weight excluding hydrogens is 311 g/mol. The van der Waals surface area contributed by atoms with Crippen LogP contribution in [0.15, 0.2) is 42.5 Å². The van der Waals surface area contributed by atoms with Gasteiger partial charge in [-0.15, -0.1) is 0 Å². The number of halogens is 3. The van der Waals surface area contributed by atoms with Crippen LogP contribution in [0.5, 0.6) is 0 Å². The summed E-state index contributed by atoms with van der Waals surface area (Å²) in [5.74, 6) is 0. The number of hydrogen-bond acceptors (Lipinski definition) is 1. The number of nitrogens with two attached hydrogens (primary N) is 1. The van der Waals surface area contributed by atoms with Crippen LogP contribution >= 0.6 is 0 Å². The molecule has 0 radical (unpaired) electrons. The molecular formula is C20H26F3N. The SMILES string of the molecule is CCCCC.Cc1ccc(N)cc1Cc1cccc(C(F)(F)F)c1. The summed E-state index contributed by atoms with van der Waals surface area (Å²) in [6.45, 7) is 6.34. The summed E-state index contributed by atoms with van der Waals surface area (Å²) in [4.78, 5) is 0. The van der Waals surface area contributed by atoms with Crippen molar-refractivity contribution in [2.75, 3.05) is 5.73 Å². The van der Waals surface area contributed by atoms with Crippen molar-refractivity contribution >= 4 is 5.69 Å². The second kappa shape index (κ2) is 9.36. The molecule has 0 atom stereocenters. The molecule has 0 saturated heterocycles. The van der Waals surface area contributed by atoms with Crippen LogP contribution in [0.2, 0.25) is 0 Å². The Morgan fingerprint density at radius 3 is 2.17 bits per heavy atom. The van der Waals surface area contributed by atoms with Crippen molar-refractivity contribution in [1.29, 1.82) is 0 Å². The van der Waals surface area contributed by atoms with Crippen LogP contribution in [-0.4, -0.2) is 0 Å². The second-order valence-electron chi connectivity index (χ2n) is 5.91. The van der Waals surface area contributed by atoms with Crippen LogP contribution < -0.4 is 5.73 Å². The van der Waals surface area contributed by atoms with Gasteiger partial charge in [-0.25, -0.2) is 0 Å². The number of aryl methyl sites for hydroxylation is 1. The second-order valence-corrected chi connectivity index (χ2v) is 5.91. The molecule has 0 aliphatic carbocycles. The highest BCUT2D eigenvalue weighted by Gasteiger charge is 2.30. The van der Waals surface area contributed by atoms with E-state index in [2.05, 4.69) is 13.8 Å². The topological polar surface area (TPSA) is 26.0 Å². The third-order valence-corrected chi connectivity index (χ3v) is 3.73. The Morgan fingerprint density at radius 1 is 0.958 bits per heavy atom. The van der Waals surface area contributed by atoms with E-state index in [1.54, 1.807) is 18.2 Å². The predicted molar refractivity (Wildman–Crippen MR) is 95.0 cm³/mol. The molecule has 0 aromatic heterocycles. The fourth-order valence-corrected chi connectivity index (χ4v) is 2.31. The Labute approximate surface area is 142 Å². The minimum Gasteiger partial charge on any atom is -0.399 e. The first-order chi connectivity index (χ1) is 11.3. The van der Waals surface area contributed by atoms with E-state index < -0.39 is 11.7 Å². The molecule has 0 fully saturated rings. The lowest BCUT2D eigenvalue weighted by Gasteiger charge is -2.10. The smallest absolute Gasteiger partial charge is 0.399 e. The van der Waals surface area contributed by atoms with Crippen LogP contribution in [0.1, 0.15) is 55.4 Å². The molecule has 0 aliphatic heterocycles. The molecule has 2 rings (SSSR count). The van der Waals surface area contributed by atoms with Crippen LogP contribution in [0, 0.1) is 6.92 Å². The lowest BCUT2D eigenvalue weighted by atomic mass is 9.98. The van der Waals surface area contributed by atoms with Gasteiger partial charge >= 0.3 is 6.18 Å². The number of hydrogen-bond donors (Lipinski definition) is 1. The highest BCUT2D eigenvalue weighted by Crippen LogP contribution is 2.30. The van der Waals surface area contributed by atoms with Crippen LogP contribution in [0.3, 0.4) is 0 Å². The standard InChI is InChI=1S/C15H14F3N.C5H12/c1-10-5-6-14(19)9-12(10)7-11-3-2-4-13(8-11)15(16,17)18;1-3-5-4-2/h2-6,8-9H,7,19H2,1H3;3-5H2,1-2H3. The normalized spacial score (nSPS) is 10.9. The first-order valence-corrected chi connectivity index (χ1v) is 8.29. The number of nitrogen functional groups attached to an aromatic ring is 1. The van der Waals surface area contributed by atoms with E-state index in [9.17, 15) is 13.2 Å². The highest BCUT2D eigenvalue weighted by molar-refractivity contribution is 5.46. The maximum atomic E-state index is 12.6. The molecule has 0 spiro atoms. The Morgan fingerprint density at radius 2 is 1.62 bits per heavy atom. The number of alkyl halides is 3. The molecule has 0 saturated carbocycles. The van der Waals surface area contributed by atoms with E-state index in [0.29, 0.717) is 17.7 Å². The third-order valence-electron chi connectivity index (χ3n) is 3.73. The largest absolute Gasteiger partial charge is 0.416 e. The van der Waals surface area contributed by atoms with E-state index >= 15 is 0 Å². The van der Waals surface area contributed by atoms with E-state index in [0.717, 1.165) is 17.2 Å². The average Bonchev–Trinajstić information content (AvgIpc) is 2.52. The molecule has 2 N–H and O–H groups in total. The first kappa shape index (κ1) is 20.1. The van der Waals surface area contributed by atoms with Crippen molar-refractivity contribution in [3.63, 3.8) is 0 Å². The van der Waals surface area contributed by atoms with Crippen molar-refractivity contribution in [2.24, 2.45) is 0 Å². The fourth-order valence-electron chi connectivity index (χ4n) is 2.31. The summed E-state index contributed by atoms with van der Waals surface area (Å²) >= 11 is 0. The van der Waals surface area contributed by atoms with Crippen molar-refractivity contribution in [3.8, 4) is 0 Å². The molecule has 24 heavy (non-hydrogen) atoms. The zero-order chi connectivity index (χ0) is 18.2. The van der Waals surface area contributed by atoms with Crippen molar-refractivity contribution in [3.05, 3.63) is 64.7 Å². The van der Waals surface area contributed by atoms with Gasteiger partial charge in [0.05, 0.1) is 5.56 Å². The molecule has 4 heteroatoms. The summed E-state index contributed by atoms with van der Waals surface area (Å²) in [6, 6.07) is 10.8. The summed E-state index contributed by atoms with van der Waals surface area (Å²) in [5, 5.41) is 0. The highest BCUT2D eigenvalue weighted by atomic mass is 19.4. The van der Waals surface area contributed by atoms with Gasteiger partial charge in [0.15, 0.2) is 0 Å². The van der Waals surface area contributed by atoms with Gasteiger partial charge in [0.2, 0.25) is 0 Å². The molecule has 0 heterocycles. The lowest BCUT2D eigenvalue weighted by Crippen LogP contribution is -2.05. The monoisotopic (exact) mass is 337 g/mol. The minimum atomic E-state index is -4.30. The average molecular weight is 337 g/mol. The van der Waals surface area contributed by atoms with E-state index in [1.165, 1.54) is 31.4 Å². The summed E-state index contributed by atoms with van der Waals surface area (Å²) in [7, 11) is 0. The third kappa shape index (κ3) is 6.65. The van der Waals surface area contributed by atoms with Crippen LogP contribution in [0.4, 0.5) is 18.9 Å². The summed E-state index contributed by atoms with van der Waals surface area (Å²) in [5.41, 5.74) is 8.29. The molecule has 2 aromatic rings. The van der Waals surface area contributed by atoms with E-state index in [-0.39, 0.29) is 0 Å². The Balaban J connectivity index is 0.000000505. The molecule has 0 bridgehead atoms. The van der Waals surface area contributed by atoms with Gasteiger partial charge in [-0.05, 0) is 48.2 Å². The van der Waals surface area contributed by atoms with Gasteiger partial charge in [0.25, 0.3) is 0 Å². The number of unbranched alkanes of at least 4 members (excludes halogenated alkanes) is 2. The van der Waals surface area contributed by atoms with Crippen molar-refractivity contribution in [1.82, 2.24) is 0 Å². The molecule has 0 aliphatic rings. The predicted octanol–water partition coefficient (Wildman–Crippen LogP) is 6.38. The van der Waals surface area contributed by atoms with E-state index in [1.807, 2.05) is 13.0 Å². The van der Waals surface area contributed by atoms with Crippen molar-refractivity contribution < 1.29 is 13.2 Å². The van der Waals surface area contributed by atoms with Gasteiger partial charge in [-0.2, -0.15) is 13.2 Å². The van der Waals surface area contributed by atoms with Crippen LogP contribution in [-0.2, 0) is 12.6 Å².